The molecule has 0 fully saturated rings. The molecule has 0 aliphatic carbocycles. The Balaban J connectivity index is 1.84. The van der Waals surface area contributed by atoms with E-state index in [0.717, 1.165) is 5.56 Å². The molecule has 1 aromatic carbocycles. The number of carbonyl (C=O) groups excluding carboxylic acids is 1. The lowest BCUT2D eigenvalue weighted by Crippen LogP contribution is -2.40. The molecule has 2 rings (SSSR count). The second-order valence-electron chi connectivity index (χ2n) is 3.75. The molecule has 18 heavy (non-hydrogen) atoms. The fraction of sp³-hybridized carbons (Fsp3) is 0.0714. The molecular weight excluding hydrogens is 226 g/mol. The topological polar surface area (TPSA) is 45.3 Å². The van der Waals surface area contributed by atoms with Crippen molar-refractivity contribution in [2.45, 2.75) is 6.54 Å². The van der Waals surface area contributed by atoms with Gasteiger partial charge in [-0.3, -0.25) is 4.79 Å². The van der Waals surface area contributed by atoms with E-state index in [4.69, 9.17) is 0 Å². The number of rotatable bonds is 4. The Labute approximate surface area is 106 Å². The number of benzene rings is 1. The molecule has 0 atom stereocenters. The van der Waals surface area contributed by atoms with E-state index in [-0.39, 0.29) is 12.5 Å². The summed E-state index contributed by atoms with van der Waals surface area (Å²) in [7, 11) is 0. The molecule has 90 valence electrons. The number of carbonyl (C=O) groups is 1. The van der Waals surface area contributed by atoms with E-state index in [9.17, 15) is 4.79 Å². The number of amides is 1. The summed E-state index contributed by atoms with van der Waals surface area (Å²) in [5.74, 6) is -0.154. The molecule has 0 saturated carbocycles. The van der Waals surface area contributed by atoms with Crippen LogP contribution in [0.15, 0.2) is 66.0 Å². The second kappa shape index (κ2) is 6.30. The Kier molecular flexibility index (Phi) is 4.19. The largest absolute Gasteiger partial charge is 0.305 e. The van der Waals surface area contributed by atoms with Crippen molar-refractivity contribution in [2.24, 2.45) is 5.10 Å². The van der Waals surface area contributed by atoms with Crippen molar-refractivity contribution in [3.05, 3.63) is 66.5 Å². The van der Waals surface area contributed by atoms with Gasteiger partial charge < -0.3 is 0 Å². The van der Waals surface area contributed by atoms with E-state index in [1.165, 1.54) is 0 Å². The molecule has 1 aromatic heterocycles. The highest BCUT2D eigenvalue weighted by Crippen LogP contribution is 1.92. The van der Waals surface area contributed by atoms with Gasteiger partial charge in [0.15, 0.2) is 12.4 Å². The van der Waals surface area contributed by atoms with Crippen LogP contribution in [0.1, 0.15) is 5.56 Å². The quantitative estimate of drug-likeness (QED) is 0.486. The number of hydrazone groups is 1. The van der Waals surface area contributed by atoms with Crippen LogP contribution in [0.25, 0.3) is 0 Å². The van der Waals surface area contributed by atoms with Gasteiger partial charge in [0.2, 0.25) is 6.54 Å². The third kappa shape index (κ3) is 3.83. The summed E-state index contributed by atoms with van der Waals surface area (Å²) in [6, 6.07) is 15.3. The molecule has 0 saturated heterocycles. The summed E-state index contributed by atoms with van der Waals surface area (Å²) in [5, 5.41) is 3.90. The molecule has 4 nitrogen and oxygen atoms in total. The smallest absolute Gasteiger partial charge is 0.266 e. The summed E-state index contributed by atoms with van der Waals surface area (Å²) in [6.45, 7) is 0.257. The van der Waals surface area contributed by atoms with Gasteiger partial charge in [-0.1, -0.05) is 36.4 Å². The highest BCUT2D eigenvalue weighted by atomic mass is 16.2. The van der Waals surface area contributed by atoms with Crippen molar-refractivity contribution in [2.75, 3.05) is 0 Å². The number of hydrogen-bond donors (Lipinski definition) is 1. The predicted molar refractivity (Wildman–Crippen MR) is 68.8 cm³/mol. The summed E-state index contributed by atoms with van der Waals surface area (Å²) in [6.07, 6.45) is 5.29. The minimum atomic E-state index is -0.154. The van der Waals surface area contributed by atoms with Crippen LogP contribution in [0.3, 0.4) is 0 Å². The van der Waals surface area contributed by atoms with Crippen molar-refractivity contribution >= 4 is 12.1 Å². The normalized spacial score (nSPS) is 10.4. The van der Waals surface area contributed by atoms with Crippen LogP contribution in [0.4, 0.5) is 0 Å². The average Bonchev–Trinajstić information content (AvgIpc) is 2.41. The Hall–Kier alpha value is -2.49. The van der Waals surface area contributed by atoms with Crippen molar-refractivity contribution in [3.63, 3.8) is 0 Å². The van der Waals surface area contributed by atoms with Gasteiger partial charge in [-0.2, -0.15) is 9.67 Å². The van der Waals surface area contributed by atoms with E-state index < -0.39 is 0 Å². The Morgan fingerprint density at radius 2 is 1.78 bits per heavy atom. The van der Waals surface area contributed by atoms with Gasteiger partial charge >= 0.3 is 5.91 Å². The van der Waals surface area contributed by atoms with Gasteiger partial charge in [0.25, 0.3) is 0 Å². The van der Waals surface area contributed by atoms with Crippen LogP contribution in [0, 0.1) is 0 Å². The highest BCUT2D eigenvalue weighted by Gasteiger charge is 2.06. The Bertz CT molecular complexity index is 523. The van der Waals surface area contributed by atoms with E-state index in [1.807, 2.05) is 60.9 Å². The Morgan fingerprint density at radius 1 is 1.11 bits per heavy atom. The molecule has 0 unspecified atom stereocenters. The lowest BCUT2D eigenvalue weighted by molar-refractivity contribution is -0.684. The van der Waals surface area contributed by atoms with Crippen molar-refractivity contribution in [1.29, 1.82) is 0 Å². The van der Waals surface area contributed by atoms with E-state index in [2.05, 4.69) is 10.5 Å². The zero-order valence-corrected chi connectivity index (χ0v) is 9.86. The number of nitrogens with zero attached hydrogens (tertiary/aromatic N) is 2. The van der Waals surface area contributed by atoms with Crippen LogP contribution < -0.4 is 9.99 Å². The van der Waals surface area contributed by atoms with E-state index in [1.54, 1.807) is 10.8 Å². The van der Waals surface area contributed by atoms with Crippen molar-refractivity contribution in [1.82, 2.24) is 5.43 Å². The lowest BCUT2D eigenvalue weighted by Gasteiger charge is -1.96. The van der Waals surface area contributed by atoms with Gasteiger partial charge in [0, 0.05) is 12.1 Å². The van der Waals surface area contributed by atoms with Gasteiger partial charge in [-0.25, -0.2) is 5.43 Å². The third-order valence-electron chi connectivity index (χ3n) is 2.31. The summed E-state index contributed by atoms with van der Waals surface area (Å²) < 4.78 is 1.79. The fourth-order valence-electron chi connectivity index (χ4n) is 1.46. The molecule has 1 amide bonds. The molecule has 0 radical (unpaired) electrons. The summed E-state index contributed by atoms with van der Waals surface area (Å²) in [4.78, 5) is 11.6. The fourth-order valence-corrected chi connectivity index (χ4v) is 1.46. The maximum atomic E-state index is 11.6. The van der Waals surface area contributed by atoms with Gasteiger partial charge in [0.1, 0.15) is 0 Å². The van der Waals surface area contributed by atoms with Crippen LogP contribution in [-0.2, 0) is 11.3 Å². The van der Waals surface area contributed by atoms with Gasteiger partial charge in [-0.15, -0.1) is 0 Å². The van der Waals surface area contributed by atoms with Crippen molar-refractivity contribution in [3.8, 4) is 0 Å². The zero-order chi connectivity index (χ0) is 12.6. The number of hydrogen-bond acceptors (Lipinski definition) is 2. The predicted octanol–water partition coefficient (Wildman–Crippen LogP) is 1.12. The van der Waals surface area contributed by atoms with Crippen molar-refractivity contribution < 1.29 is 9.36 Å². The molecule has 2 aromatic rings. The molecule has 4 heteroatoms. The third-order valence-corrected chi connectivity index (χ3v) is 2.31. The first-order chi connectivity index (χ1) is 8.84. The molecule has 0 bridgehead atoms. The first-order valence-electron chi connectivity index (χ1n) is 5.65. The standard InChI is InChI=1S/C14H13N3O/c18-14(12-17-9-5-2-6-10-17)16-15-11-13-7-3-1-4-8-13/h1-11H,12H2/p+1/b15-11-. The number of nitrogens with one attached hydrogen (secondary N) is 1. The second-order valence-corrected chi connectivity index (χ2v) is 3.75. The minimum absolute atomic E-state index is 0.154. The lowest BCUT2D eigenvalue weighted by atomic mass is 10.2. The van der Waals surface area contributed by atoms with Crippen LogP contribution >= 0.6 is 0 Å². The molecule has 1 N–H and O–H groups in total. The molecule has 0 aliphatic rings. The van der Waals surface area contributed by atoms with E-state index >= 15 is 0 Å². The number of aromatic nitrogens is 1. The highest BCUT2D eigenvalue weighted by molar-refractivity contribution is 5.81. The summed E-state index contributed by atoms with van der Waals surface area (Å²) >= 11 is 0. The first kappa shape index (κ1) is 12.0. The zero-order valence-electron chi connectivity index (χ0n) is 9.86. The minimum Gasteiger partial charge on any atom is -0.266 e. The Morgan fingerprint density at radius 3 is 2.50 bits per heavy atom. The first-order valence-corrected chi connectivity index (χ1v) is 5.65. The van der Waals surface area contributed by atoms with Gasteiger partial charge in [0.05, 0.1) is 6.21 Å². The maximum absolute atomic E-state index is 11.6. The number of pyridine rings is 1. The van der Waals surface area contributed by atoms with E-state index in [0.29, 0.717) is 0 Å². The van der Waals surface area contributed by atoms with Crippen LogP contribution in [-0.4, -0.2) is 12.1 Å². The van der Waals surface area contributed by atoms with Crippen LogP contribution in [0.5, 0.6) is 0 Å². The maximum Gasteiger partial charge on any atom is 0.305 e. The molecule has 0 spiro atoms. The molecule has 0 aliphatic heterocycles. The molecule has 1 heterocycles. The average molecular weight is 240 g/mol. The SMILES string of the molecule is O=C(C[n+]1ccccc1)N/N=C\c1ccccc1. The van der Waals surface area contributed by atoms with Crippen LogP contribution in [0.2, 0.25) is 0 Å². The van der Waals surface area contributed by atoms with Gasteiger partial charge in [-0.05, 0) is 5.56 Å². The monoisotopic (exact) mass is 240 g/mol. The molecular formula is C14H14N3O+. The summed E-state index contributed by atoms with van der Waals surface area (Å²) in [5.41, 5.74) is 3.44.